The monoisotopic (exact) mass is 313 g/mol. The molecule has 0 saturated heterocycles. The van der Waals surface area contributed by atoms with Crippen LogP contribution in [0.2, 0.25) is 0 Å². The highest BCUT2D eigenvalue weighted by Crippen LogP contribution is 2.26. The molecule has 0 fully saturated rings. The molecule has 1 aromatic heterocycles. The van der Waals surface area contributed by atoms with Gasteiger partial charge in [0, 0.05) is 31.8 Å². The van der Waals surface area contributed by atoms with Crippen LogP contribution < -0.4 is 4.90 Å². The zero-order valence-electron chi connectivity index (χ0n) is 13.8. The first-order chi connectivity index (χ1) is 11.1. The summed E-state index contributed by atoms with van der Waals surface area (Å²) >= 11 is 0. The first-order valence-corrected chi connectivity index (χ1v) is 8.11. The van der Waals surface area contributed by atoms with Crippen molar-refractivity contribution in [2.24, 2.45) is 0 Å². The molecule has 0 saturated carbocycles. The van der Waals surface area contributed by atoms with Crippen LogP contribution in [0.25, 0.3) is 0 Å². The minimum Gasteiger partial charge on any atom is -0.361 e. The molecular weight excluding hydrogens is 290 g/mol. The Morgan fingerprint density at radius 1 is 1.17 bits per heavy atom. The summed E-state index contributed by atoms with van der Waals surface area (Å²) in [7, 11) is 3.56. The van der Waals surface area contributed by atoms with Gasteiger partial charge in [0.15, 0.2) is 0 Å². The van der Waals surface area contributed by atoms with Gasteiger partial charge < -0.3 is 14.3 Å². The predicted molar refractivity (Wildman–Crippen MR) is 89.3 cm³/mol. The van der Waals surface area contributed by atoms with Crippen molar-refractivity contribution >= 4 is 11.6 Å². The lowest BCUT2D eigenvalue weighted by molar-refractivity contribution is -0.127. The fourth-order valence-corrected chi connectivity index (χ4v) is 2.94. The number of amides is 1. The number of carbonyl (C=O) groups excluding carboxylic acids is 1. The zero-order valence-corrected chi connectivity index (χ0v) is 13.8. The van der Waals surface area contributed by atoms with Crippen molar-refractivity contribution in [2.45, 2.75) is 32.2 Å². The SMILES string of the molecule is CN(C)C(=O)CN(Cc1noc2c1CCCC2)c1ccccc1. The number of benzene rings is 1. The standard InChI is InChI=1S/C18H23N3O2/c1-20(2)18(22)13-21(14-8-4-3-5-9-14)12-16-15-10-6-7-11-17(15)23-19-16/h3-5,8-9H,6-7,10-13H2,1-2H3. The normalized spacial score (nSPS) is 13.5. The van der Waals surface area contributed by atoms with Gasteiger partial charge in [-0.2, -0.15) is 0 Å². The summed E-state index contributed by atoms with van der Waals surface area (Å²) in [4.78, 5) is 15.9. The Hall–Kier alpha value is -2.30. The van der Waals surface area contributed by atoms with Crippen molar-refractivity contribution in [2.75, 3.05) is 25.5 Å². The van der Waals surface area contributed by atoms with Gasteiger partial charge in [-0.25, -0.2) is 0 Å². The summed E-state index contributed by atoms with van der Waals surface area (Å²) in [6, 6.07) is 10.00. The second-order valence-corrected chi connectivity index (χ2v) is 6.22. The van der Waals surface area contributed by atoms with E-state index in [1.807, 2.05) is 30.3 Å². The summed E-state index contributed by atoms with van der Waals surface area (Å²) in [6.07, 6.45) is 4.36. The van der Waals surface area contributed by atoms with Crippen molar-refractivity contribution in [3.05, 3.63) is 47.3 Å². The molecular formula is C18H23N3O2. The van der Waals surface area contributed by atoms with Crippen LogP contribution in [0.4, 0.5) is 5.69 Å². The van der Waals surface area contributed by atoms with E-state index in [-0.39, 0.29) is 5.91 Å². The zero-order chi connectivity index (χ0) is 16.2. The van der Waals surface area contributed by atoms with Gasteiger partial charge in [0.1, 0.15) is 11.5 Å². The highest BCUT2D eigenvalue weighted by Gasteiger charge is 2.22. The Bertz CT molecular complexity index is 664. The van der Waals surface area contributed by atoms with E-state index in [4.69, 9.17) is 4.52 Å². The number of hydrogen-bond acceptors (Lipinski definition) is 4. The smallest absolute Gasteiger partial charge is 0.241 e. The molecule has 23 heavy (non-hydrogen) atoms. The largest absolute Gasteiger partial charge is 0.361 e. The van der Waals surface area contributed by atoms with Gasteiger partial charge in [-0.15, -0.1) is 0 Å². The molecule has 0 aliphatic heterocycles. The van der Waals surface area contributed by atoms with E-state index in [1.165, 1.54) is 18.4 Å². The fourth-order valence-electron chi connectivity index (χ4n) is 2.94. The van der Waals surface area contributed by atoms with E-state index in [9.17, 15) is 4.79 Å². The molecule has 0 unspecified atom stereocenters. The van der Waals surface area contributed by atoms with E-state index < -0.39 is 0 Å². The molecule has 1 heterocycles. The van der Waals surface area contributed by atoms with Gasteiger partial charge in [-0.05, 0) is 31.4 Å². The molecule has 1 aliphatic carbocycles. The lowest BCUT2D eigenvalue weighted by Gasteiger charge is -2.25. The van der Waals surface area contributed by atoms with Crippen LogP contribution in [0.5, 0.6) is 0 Å². The lowest BCUT2D eigenvalue weighted by atomic mass is 9.96. The van der Waals surface area contributed by atoms with E-state index in [2.05, 4.69) is 10.1 Å². The molecule has 1 aliphatic rings. The number of aryl methyl sites for hydroxylation is 1. The molecule has 0 N–H and O–H groups in total. The lowest BCUT2D eigenvalue weighted by Crippen LogP contribution is -2.36. The minimum atomic E-state index is 0.0752. The van der Waals surface area contributed by atoms with Crippen molar-refractivity contribution < 1.29 is 9.32 Å². The Balaban J connectivity index is 1.84. The third-order valence-corrected chi connectivity index (χ3v) is 4.32. The number of para-hydroxylation sites is 1. The van der Waals surface area contributed by atoms with E-state index in [0.29, 0.717) is 13.1 Å². The molecule has 5 heteroatoms. The second-order valence-electron chi connectivity index (χ2n) is 6.22. The number of nitrogens with zero attached hydrogens (tertiary/aromatic N) is 3. The molecule has 5 nitrogen and oxygen atoms in total. The van der Waals surface area contributed by atoms with Gasteiger partial charge >= 0.3 is 0 Å². The summed E-state index contributed by atoms with van der Waals surface area (Å²) in [5.74, 6) is 1.10. The molecule has 2 aromatic rings. The van der Waals surface area contributed by atoms with Crippen molar-refractivity contribution in [1.82, 2.24) is 10.1 Å². The predicted octanol–water partition coefficient (Wildman–Crippen LogP) is 2.65. The molecule has 3 rings (SSSR count). The van der Waals surface area contributed by atoms with Crippen LogP contribution in [0.3, 0.4) is 0 Å². The molecule has 1 amide bonds. The highest BCUT2D eigenvalue weighted by atomic mass is 16.5. The summed E-state index contributed by atoms with van der Waals surface area (Å²) in [5, 5.41) is 4.27. The number of carbonyl (C=O) groups is 1. The second kappa shape index (κ2) is 6.86. The molecule has 1 aromatic carbocycles. The first-order valence-electron chi connectivity index (χ1n) is 8.11. The van der Waals surface area contributed by atoms with Crippen LogP contribution in [-0.4, -0.2) is 36.6 Å². The van der Waals surface area contributed by atoms with Gasteiger partial charge in [-0.1, -0.05) is 23.4 Å². The van der Waals surface area contributed by atoms with Gasteiger partial charge in [-0.3, -0.25) is 4.79 Å². The Morgan fingerprint density at radius 3 is 2.65 bits per heavy atom. The third-order valence-electron chi connectivity index (χ3n) is 4.32. The number of likely N-dealkylation sites (N-methyl/N-ethyl adjacent to an activating group) is 1. The van der Waals surface area contributed by atoms with Gasteiger partial charge in [0.05, 0.1) is 13.1 Å². The molecule has 122 valence electrons. The number of hydrogen-bond donors (Lipinski definition) is 0. The van der Waals surface area contributed by atoms with E-state index >= 15 is 0 Å². The summed E-state index contributed by atoms with van der Waals surface area (Å²) < 4.78 is 5.50. The maximum absolute atomic E-state index is 12.2. The van der Waals surface area contributed by atoms with Crippen LogP contribution in [0, 0.1) is 0 Å². The molecule has 0 bridgehead atoms. The average molecular weight is 313 g/mol. The summed E-state index contributed by atoms with van der Waals surface area (Å²) in [5.41, 5.74) is 3.24. The topological polar surface area (TPSA) is 49.6 Å². The Kier molecular flexibility index (Phi) is 4.65. The fraction of sp³-hybridized carbons (Fsp3) is 0.444. The quantitative estimate of drug-likeness (QED) is 0.851. The van der Waals surface area contributed by atoms with Crippen LogP contribution in [-0.2, 0) is 24.2 Å². The number of anilines is 1. The third kappa shape index (κ3) is 3.55. The van der Waals surface area contributed by atoms with Crippen LogP contribution in [0.15, 0.2) is 34.9 Å². The number of rotatable bonds is 5. The van der Waals surface area contributed by atoms with Gasteiger partial charge in [0.25, 0.3) is 0 Å². The Labute approximate surface area is 136 Å². The van der Waals surface area contributed by atoms with Gasteiger partial charge in [0.2, 0.25) is 5.91 Å². The molecule has 0 radical (unpaired) electrons. The maximum Gasteiger partial charge on any atom is 0.241 e. The van der Waals surface area contributed by atoms with E-state index in [1.54, 1.807) is 19.0 Å². The molecule has 0 atom stereocenters. The Morgan fingerprint density at radius 2 is 1.91 bits per heavy atom. The van der Waals surface area contributed by atoms with Crippen LogP contribution >= 0.6 is 0 Å². The highest BCUT2D eigenvalue weighted by molar-refractivity contribution is 5.81. The number of aromatic nitrogens is 1. The summed E-state index contributed by atoms with van der Waals surface area (Å²) in [6.45, 7) is 0.932. The van der Waals surface area contributed by atoms with Crippen molar-refractivity contribution in [1.29, 1.82) is 0 Å². The maximum atomic E-state index is 12.2. The average Bonchev–Trinajstić information content (AvgIpc) is 2.98. The van der Waals surface area contributed by atoms with Crippen molar-refractivity contribution in [3.63, 3.8) is 0 Å². The minimum absolute atomic E-state index is 0.0752. The van der Waals surface area contributed by atoms with E-state index in [0.717, 1.165) is 30.0 Å². The first kappa shape index (κ1) is 15.6. The molecule has 0 spiro atoms. The van der Waals surface area contributed by atoms with Crippen LogP contribution in [0.1, 0.15) is 29.9 Å². The van der Waals surface area contributed by atoms with Crippen molar-refractivity contribution in [3.8, 4) is 0 Å². The number of fused-ring (bicyclic) bond motifs is 1.